The second-order valence-corrected chi connectivity index (χ2v) is 8.04. The third-order valence-electron chi connectivity index (χ3n) is 3.37. The van der Waals surface area contributed by atoms with Gasteiger partial charge in [0.1, 0.15) is 5.75 Å². The van der Waals surface area contributed by atoms with Gasteiger partial charge in [-0.05, 0) is 31.2 Å². The highest BCUT2D eigenvalue weighted by Gasteiger charge is 2.18. The van der Waals surface area contributed by atoms with Gasteiger partial charge < -0.3 is 14.6 Å². The summed E-state index contributed by atoms with van der Waals surface area (Å²) in [7, 11) is 1.86. The van der Waals surface area contributed by atoms with Crippen molar-refractivity contribution in [3.63, 3.8) is 0 Å². The zero-order chi connectivity index (χ0) is 18.5. The molecular weight excluding hydrogens is 438 g/mol. The highest BCUT2D eigenvalue weighted by Crippen LogP contribution is 2.25. The summed E-state index contributed by atoms with van der Waals surface area (Å²) in [5.41, 5.74) is 0. The van der Waals surface area contributed by atoms with Gasteiger partial charge in [0, 0.05) is 23.1 Å². The third kappa shape index (κ3) is 4.83. The molecule has 0 spiro atoms. The summed E-state index contributed by atoms with van der Waals surface area (Å²) in [5, 5.41) is 14.1. The fourth-order valence-corrected chi connectivity index (χ4v) is 3.67. The van der Waals surface area contributed by atoms with Crippen LogP contribution in [0, 0.1) is 0 Å². The van der Waals surface area contributed by atoms with E-state index in [1.54, 1.807) is 6.20 Å². The van der Waals surface area contributed by atoms with Gasteiger partial charge >= 0.3 is 0 Å². The standard InChI is InChI=1S/C16H16BrN5O2S2/c1-10(24-12-5-3-11(17)4-6-12)14-20-21-16(22(14)2)26-9-13(23)19-15-18-7-8-25-15/h3-8,10H,9H2,1-2H3,(H,18,19,23). The summed E-state index contributed by atoms with van der Waals surface area (Å²) in [6, 6.07) is 7.60. The molecule has 1 N–H and O–H groups in total. The number of rotatable bonds is 7. The number of thioether (sulfide) groups is 1. The Hall–Kier alpha value is -1.91. The van der Waals surface area contributed by atoms with Crippen molar-refractivity contribution >= 4 is 50.1 Å². The Balaban J connectivity index is 1.58. The Morgan fingerprint density at radius 3 is 2.85 bits per heavy atom. The molecule has 0 saturated carbocycles. The summed E-state index contributed by atoms with van der Waals surface area (Å²) >= 11 is 6.09. The van der Waals surface area contributed by atoms with Gasteiger partial charge in [-0.15, -0.1) is 21.5 Å². The first-order chi connectivity index (χ1) is 12.5. The molecule has 1 atom stereocenters. The topological polar surface area (TPSA) is 81.9 Å². The lowest BCUT2D eigenvalue weighted by molar-refractivity contribution is -0.113. The van der Waals surface area contributed by atoms with Crippen LogP contribution in [0.3, 0.4) is 0 Å². The first-order valence-electron chi connectivity index (χ1n) is 7.66. The molecule has 0 aliphatic carbocycles. The molecule has 1 aromatic carbocycles. The number of anilines is 1. The van der Waals surface area contributed by atoms with Gasteiger partial charge in [-0.25, -0.2) is 4.98 Å². The average Bonchev–Trinajstić information content (AvgIpc) is 3.25. The van der Waals surface area contributed by atoms with E-state index in [1.807, 2.05) is 48.2 Å². The highest BCUT2D eigenvalue weighted by molar-refractivity contribution is 9.10. The van der Waals surface area contributed by atoms with E-state index in [2.05, 4.69) is 36.4 Å². The molecule has 136 valence electrons. The maximum Gasteiger partial charge on any atom is 0.236 e. The summed E-state index contributed by atoms with van der Waals surface area (Å²) in [5.74, 6) is 1.54. The number of ether oxygens (including phenoxy) is 1. The molecule has 0 aliphatic rings. The molecular formula is C16H16BrN5O2S2. The number of carbonyl (C=O) groups excluding carboxylic acids is 1. The predicted octanol–water partition coefficient (Wildman–Crippen LogP) is 3.90. The van der Waals surface area contributed by atoms with Crippen molar-refractivity contribution < 1.29 is 9.53 Å². The Bertz CT molecular complexity index is 867. The van der Waals surface area contributed by atoms with E-state index >= 15 is 0 Å². The minimum absolute atomic E-state index is 0.131. The van der Waals surface area contributed by atoms with Crippen molar-refractivity contribution in [1.82, 2.24) is 19.7 Å². The lowest BCUT2D eigenvalue weighted by atomic mass is 10.3. The number of aromatic nitrogens is 4. The summed E-state index contributed by atoms with van der Waals surface area (Å²) < 4.78 is 8.74. The number of hydrogen-bond acceptors (Lipinski definition) is 7. The van der Waals surface area contributed by atoms with Crippen LogP contribution in [0.25, 0.3) is 0 Å². The number of carbonyl (C=O) groups is 1. The Morgan fingerprint density at radius 1 is 1.38 bits per heavy atom. The Labute approximate surface area is 167 Å². The molecule has 0 bridgehead atoms. The number of amides is 1. The van der Waals surface area contributed by atoms with Crippen LogP contribution in [-0.2, 0) is 11.8 Å². The summed E-state index contributed by atoms with van der Waals surface area (Å²) in [4.78, 5) is 16.0. The molecule has 1 amide bonds. The SMILES string of the molecule is CC(Oc1ccc(Br)cc1)c1nnc(SCC(=O)Nc2nccs2)n1C. The first-order valence-corrected chi connectivity index (χ1v) is 10.3. The largest absolute Gasteiger partial charge is 0.483 e. The quantitative estimate of drug-likeness (QED) is 0.546. The average molecular weight is 454 g/mol. The Kier molecular flexibility index (Phi) is 6.28. The van der Waals surface area contributed by atoms with Crippen molar-refractivity contribution in [2.45, 2.75) is 18.2 Å². The second-order valence-electron chi connectivity index (χ2n) is 5.29. The van der Waals surface area contributed by atoms with E-state index in [0.717, 1.165) is 10.2 Å². The minimum atomic E-state index is -0.271. The van der Waals surface area contributed by atoms with Crippen molar-refractivity contribution in [3.05, 3.63) is 46.1 Å². The number of thiazole rings is 1. The van der Waals surface area contributed by atoms with Crippen LogP contribution in [0.5, 0.6) is 5.75 Å². The fourth-order valence-electron chi connectivity index (χ4n) is 2.15. The molecule has 2 aromatic heterocycles. The third-order valence-corrected chi connectivity index (χ3v) is 5.61. The van der Waals surface area contributed by atoms with E-state index in [0.29, 0.717) is 16.1 Å². The van der Waals surface area contributed by atoms with Gasteiger partial charge in [-0.1, -0.05) is 27.7 Å². The van der Waals surface area contributed by atoms with E-state index < -0.39 is 0 Å². The van der Waals surface area contributed by atoms with Crippen LogP contribution in [0.4, 0.5) is 5.13 Å². The summed E-state index contributed by atoms with van der Waals surface area (Å²) in [6.45, 7) is 1.91. The molecule has 1 unspecified atom stereocenters. The monoisotopic (exact) mass is 453 g/mol. The first kappa shape index (κ1) is 18.9. The minimum Gasteiger partial charge on any atom is -0.483 e. The summed E-state index contributed by atoms with van der Waals surface area (Å²) in [6.07, 6.45) is 1.38. The van der Waals surface area contributed by atoms with Gasteiger partial charge in [0.25, 0.3) is 0 Å². The van der Waals surface area contributed by atoms with Crippen LogP contribution in [0.1, 0.15) is 18.9 Å². The molecule has 3 aromatic rings. The van der Waals surface area contributed by atoms with Crippen LogP contribution >= 0.6 is 39.0 Å². The van der Waals surface area contributed by atoms with E-state index in [-0.39, 0.29) is 17.8 Å². The molecule has 0 saturated heterocycles. The van der Waals surface area contributed by atoms with Gasteiger partial charge in [-0.3, -0.25) is 4.79 Å². The molecule has 3 rings (SSSR count). The lowest BCUT2D eigenvalue weighted by Gasteiger charge is -2.14. The number of benzene rings is 1. The number of nitrogens with zero attached hydrogens (tertiary/aromatic N) is 4. The predicted molar refractivity (Wildman–Crippen MR) is 106 cm³/mol. The zero-order valence-corrected chi connectivity index (χ0v) is 17.3. The molecule has 0 aliphatic heterocycles. The maximum atomic E-state index is 12.0. The van der Waals surface area contributed by atoms with Gasteiger partial charge in [0.2, 0.25) is 5.91 Å². The van der Waals surface area contributed by atoms with Crippen molar-refractivity contribution in [2.75, 3.05) is 11.1 Å². The molecule has 0 radical (unpaired) electrons. The van der Waals surface area contributed by atoms with Crippen molar-refractivity contribution in [3.8, 4) is 5.75 Å². The van der Waals surface area contributed by atoms with Gasteiger partial charge in [-0.2, -0.15) is 0 Å². The molecule has 2 heterocycles. The number of hydrogen-bond donors (Lipinski definition) is 1. The second kappa shape index (κ2) is 8.65. The molecule has 10 heteroatoms. The Morgan fingerprint density at radius 2 is 2.15 bits per heavy atom. The fraction of sp³-hybridized carbons (Fsp3) is 0.250. The molecule has 7 nitrogen and oxygen atoms in total. The normalized spacial score (nSPS) is 12.0. The van der Waals surface area contributed by atoms with Crippen molar-refractivity contribution in [2.24, 2.45) is 7.05 Å². The smallest absolute Gasteiger partial charge is 0.236 e. The zero-order valence-electron chi connectivity index (χ0n) is 14.0. The van der Waals surface area contributed by atoms with E-state index in [9.17, 15) is 4.79 Å². The van der Waals surface area contributed by atoms with Crippen LogP contribution < -0.4 is 10.1 Å². The van der Waals surface area contributed by atoms with E-state index in [1.165, 1.54) is 23.1 Å². The van der Waals surface area contributed by atoms with Gasteiger partial charge in [0.05, 0.1) is 5.75 Å². The number of halogens is 1. The molecule has 0 fully saturated rings. The van der Waals surface area contributed by atoms with Crippen LogP contribution in [0.15, 0.2) is 45.5 Å². The maximum absolute atomic E-state index is 12.0. The number of nitrogens with one attached hydrogen (secondary N) is 1. The van der Waals surface area contributed by atoms with Crippen LogP contribution in [-0.4, -0.2) is 31.4 Å². The van der Waals surface area contributed by atoms with E-state index in [4.69, 9.17) is 4.74 Å². The van der Waals surface area contributed by atoms with Crippen LogP contribution in [0.2, 0.25) is 0 Å². The highest BCUT2D eigenvalue weighted by atomic mass is 79.9. The van der Waals surface area contributed by atoms with Crippen molar-refractivity contribution in [1.29, 1.82) is 0 Å². The van der Waals surface area contributed by atoms with Gasteiger partial charge in [0.15, 0.2) is 22.2 Å². The molecule has 26 heavy (non-hydrogen) atoms. The lowest BCUT2D eigenvalue weighted by Crippen LogP contribution is -2.14.